The molecule has 0 amide bonds. The molecule has 3 heteroatoms. The second-order valence-corrected chi connectivity index (χ2v) is 6.41. The van der Waals surface area contributed by atoms with Gasteiger partial charge in [-0.25, -0.2) is 4.85 Å². The Balaban J connectivity index is 2.01. The van der Waals surface area contributed by atoms with E-state index in [1.165, 1.54) is 31.3 Å². The molecule has 2 aromatic heterocycles. The van der Waals surface area contributed by atoms with Gasteiger partial charge in [0.2, 0.25) is 0 Å². The molecule has 4 rings (SSSR count). The molecule has 0 aliphatic carbocycles. The highest BCUT2D eigenvalue weighted by molar-refractivity contribution is 7.18. The Hall–Kier alpha value is -2.15. The first-order valence-electron chi connectivity index (χ1n) is 6.22. The van der Waals surface area contributed by atoms with Gasteiger partial charge in [0.25, 0.3) is 0 Å². The second-order valence-electron chi connectivity index (χ2n) is 4.59. The van der Waals surface area contributed by atoms with Crippen molar-refractivity contribution in [2.45, 2.75) is 0 Å². The summed E-state index contributed by atoms with van der Waals surface area (Å²) < 4.78 is 2.50. The molecule has 0 unspecified atom stereocenters. The molecule has 0 aliphatic rings. The van der Waals surface area contributed by atoms with Crippen molar-refractivity contribution in [2.24, 2.45) is 0 Å². The molecule has 4 aromatic rings. The molecule has 0 fully saturated rings. The zero-order valence-electron chi connectivity index (χ0n) is 10.5. The highest BCUT2D eigenvalue weighted by Gasteiger charge is 2.11. The van der Waals surface area contributed by atoms with Crippen LogP contribution in [0.5, 0.6) is 0 Å². The van der Waals surface area contributed by atoms with Crippen LogP contribution in [0, 0.1) is 6.57 Å². The first-order valence-corrected chi connectivity index (χ1v) is 7.98. The lowest BCUT2D eigenvalue weighted by molar-refractivity contribution is 1.81. The summed E-state index contributed by atoms with van der Waals surface area (Å²) in [5.74, 6) is 0. The molecule has 0 saturated heterocycles. The third kappa shape index (κ3) is 1.66. The Morgan fingerprint density at radius 3 is 2.30 bits per heavy atom. The van der Waals surface area contributed by atoms with Crippen LogP contribution in [0.15, 0.2) is 53.2 Å². The Morgan fingerprint density at radius 2 is 1.50 bits per heavy atom. The number of fused-ring (bicyclic) bond motifs is 2. The molecule has 94 valence electrons. The molecule has 0 radical (unpaired) electrons. The van der Waals surface area contributed by atoms with E-state index in [1.807, 2.05) is 12.1 Å². The van der Waals surface area contributed by atoms with Crippen molar-refractivity contribution in [3.05, 3.63) is 64.6 Å². The van der Waals surface area contributed by atoms with Crippen molar-refractivity contribution < 1.29 is 0 Å². The van der Waals surface area contributed by atoms with Gasteiger partial charge in [-0.1, -0.05) is 30.3 Å². The molecule has 0 spiro atoms. The van der Waals surface area contributed by atoms with Crippen LogP contribution in [0.4, 0.5) is 5.69 Å². The average molecular weight is 291 g/mol. The number of thiophene rings is 2. The van der Waals surface area contributed by atoms with E-state index >= 15 is 0 Å². The molecule has 2 heterocycles. The van der Waals surface area contributed by atoms with Gasteiger partial charge in [-0.3, -0.25) is 0 Å². The predicted octanol–water partition coefficient (Wildman–Crippen LogP) is 6.33. The fraction of sp³-hybridized carbons (Fsp3) is 0. The Bertz CT molecular complexity index is 969. The van der Waals surface area contributed by atoms with Gasteiger partial charge in [-0.15, -0.1) is 22.7 Å². The highest BCUT2D eigenvalue weighted by Crippen LogP contribution is 2.41. The van der Waals surface area contributed by atoms with Gasteiger partial charge in [-0.05, 0) is 28.3 Å². The van der Waals surface area contributed by atoms with Gasteiger partial charge in [0.15, 0.2) is 5.69 Å². The molecule has 0 bridgehead atoms. The minimum absolute atomic E-state index is 0.709. The molecule has 1 nitrogen and oxygen atoms in total. The summed E-state index contributed by atoms with van der Waals surface area (Å²) in [4.78, 5) is 3.50. The van der Waals surface area contributed by atoms with Crippen LogP contribution in [-0.2, 0) is 0 Å². The van der Waals surface area contributed by atoms with E-state index in [2.05, 4.69) is 45.9 Å². The first kappa shape index (κ1) is 11.7. The van der Waals surface area contributed by atoms with Gasteiger partial charge < -0.3 is 0 Å². The van der Waals surface area contributed by atoms with Crippen molar-refractivity contribution in [3.63, 3.8) is 0 Å². The maximum atomic E-state index is 7.10. The SMILES string of the molecule is [C-]#[N+]c1ccc2c(-c3csc4ccccc34)csc2c1. The first-order chi connectivity index (χ1) is 9.86. The summed E-state index contributed by atoms with van der Waals surface area (Å²) in [7, 11) is 0. The molecule has 0 atom stereocenters. The van der Waals surface area contributed by atoms with E-state index < -0.39 is 0 Å². The fourth-order valence-corrected chi connectivity index (χ4v) is 4.43. The van der Waals surface area contributed by atoms with Crippen molar-refractivity contribution >= 4 is 48.5 Å². The Morgan fingerprint density at radius 1 is 0.800 bits per heavy atom. The summed E-state index contributed by atoms with van der Waals surface area (Å²) in [6, 6.07) is 14.5. The number of benzene rings is 2. The number of nitrogens with zero attached hydrogens (tertiary/aromatic N) is 1. The maximum Gasteiger partial charge on any atom is 0.188 e. The van der Waals surface area contributed by atoms with E-state index in [-0.39, 0.29) is 0 Å². The largest absolute Gasteiger partial charge is 0.238 e. The third-order valence-electron chi connectivity index (χ3n) is 3.46. The number of hydrogen-bond donors (Lipinski definition) is 0. The molecular weight excluding hydrogens is 282 g/mol. The standard InChI is InChI=1S/C17H9NS2/c1-18-11-6-7-13-15(10-20-17(13)8-11)14-9-19-16-5-3-2-4-12(14)16/h2-10H. The van der Waals surface area contributed by atoms with Crippen molar-refractivity contribution in [2.75, 3.05) is 0 Å². The minimum atomic E-state index is 0.709. The highest BCUT2D eigenvalue weighted by atomic mass is 32.1. The molecule has 0 saturated carbocycles. The third-order valence-corrected chi connectivity index (χ3v) is 5.37. The lowest BCUT2D eigenvalue weighted by Gasteiger charge is -1.99. The van der Waals surface area contributed by atoms with Crippen molar-refractivity contribution in [1.82, 2.24) is 0 Å². The Kier molecular flexibility index (Phi) is 2.59. The maximum absolute atomic E-state index is 7.10. The van der Waals surface area contributed by atoms with E-state index in [4.69, 9.17) is 6.57 Å². The van der Waals surface area contributed by atoms with Crippen LogP contribution in [0.3, 0.4) is 0 Å². The number of hydrogen-bond acceptors (Lipinski definition) is 2. The molecule has 2 aromatic carbocycles. The van der Waals surface area contributed by atoms with Crippen LogP contribution < -0.4 is 0 Å². The monoisotopic (exact) mass is 291 g/mol. The fourth-order valence-electron chi connectivity index (χ4n) is 2.48. The zero-order valence-corrected chi connectivity index (χ0v) is 12.1. The molecule has 0 N–H and O–H groups in total. The van der Waals surface area contributed by atoms with Crippen molar-refractivity contribution in [3.8, 4) is 11.1 Å². The van der Waals surface area contributed by atoms with E-state index in [9.17, 15) is 0 Å². The van der Waals surface area contributed by atoms with Crippen LogP contribution in [0.2, 0.25) is 0 Å². The van der Waals surface area contributed by atoms with E-state index in [0.717, 1.165) is 0 Å². The summed E-state index contributed by atoms with van der Waals surface area (Å²) in [6.45, 7) is 7.10. The average Bonchev–Trinajstić information content (AvgIpc) is 3.09. The zero-order chi connectivity index (χ0) is 13.5. The lowest BCUT2D eigenvalue weighted by atomic mass is 10.0. The van der Waals surface area contributed by atoms with Gasteiger partial charge in [0, 0.05) is 25.9 Å². The minimum Gasteiger partial charge on any atom is -0.238 e. The molecule has 0 aliphatic heterocycles. The van der Waals surface area contributed by atoms with Crippen LogP contribution in [-0.4, -0.2) is 0 Å². The van der Waals surface area contributed by atoms with Crippen LogP contribution >= 0.6 is 22.7 Å². The normalized spacial score (nSPS) is 10.9. The summed E-state index contributed by atoms with van der Waals surface area (Å²) in [5, 5.41) is 6.99. The van der Waals surface area contributed by atoms with Crippen LogP contribution in [0.25, 0.3) is 36.1 Å². The predicted molar refractivity (Wildman–Crippen MR) is 88.9 cm³/mol. The summed E-state index contributed by atoms with van der Waals surface area (Å²) >= 11 is 3.50. The van der Waals surface area contributed by atoms with Gasteiger partial charge >= 0.3 is 0 Å². The smallest absolute Gasteiger partial charge is 0.188 e. The van der Waals surface area contributed by atoms with Crippen LogP contribution in [0.1, 0.15) is 0 Å². The van der Waals surface area contributed by atoms with Gasteiger partial charge in [0.1, 0.15) is 0 Å². The van der Waals surface area contributed by atoms with Gasteiger partial charge in [-0.2, -0.15) is 0 Å². The summed E-state index contributed by atoms with van der Waals surface area (Å²) in [6.07, 6.45) is 0. The van der Waals surface area contributed by atoms with E-state index in [1.54, 1.807) is 22.7 Å². The van der Waals surface area contributed by atoms with E-state index in [0.29, 0.717) is 5.69 Å². The van der Waals surface area contributed by atoms with Gasteiger partial charge in [0.05, 0.1) is 6.57 Å². The summed E-state index contributed by atoms with van der Waals surface area (Å²) in [5.41, 5.74) is 3.28. The quantitative estimate of drug-likeness (QED) is 0.361. The molecular formula is C17H9NS2. The topological polar surface area (TPSA) is 4.36 Å². The van der Waals surface area contributed by atoms with Crippen molar-refractivity contribution in [1.29, 1.82) is 0 Å². The lowest BCUT2D eigenvalue weighted by Crippen LogP contribution is -1.72. The molecule has 20 heavy (non-hydrogen) atoms. The number of rotatable bonds is 1. The second kappa shape index (κ2) is 4.45. The Labute approximate surface area is 124 Å².